The Morgan fingerprint density at radius 1 is 1.16 bits per heavy atom. The molecule has 2 nitrogen and oxygen atoms in total. The maximum Gasteiger partial charge on any atom is 0.0368 e. The molecule has 0 atom stereocenters. The molecule has 2 rings (SSSR count). The second-order valence-electron chi connectivity index (χ2n) is 5.91. The van der Waals surface area contributed by atoms with Gasteiger partial charge in [-0.1, -0.05) is 31.7 Å². The Morgan fingerprint density at radius 3 is 2.42 bits per heavy atom. The molecule has 0 heterocycles. The first kappa shape index (κ1) is 14.4. The highest BCUT2D eigenvalue weighted by molar-refractivity contribution is 5.51. The molecule has 1 aromatic rings. The second kappa shape index (κ2) is 6.95. The molecule has 1 saturated carbocycles. The number of aryl methyl sites for hydroxylation is 1. The first-order valence-electron chi connectivity index (χ1n) is 7.75. The van der Waals surface area contributed by atoms with Gasteiger partial charge < -0.3 is 10.6 Å². The van der Waals surface area contributed by atoms with Crippen molar-refractivity contribution in [2.75, 3.05) is 18.5 Å². The molecule has 0 aromatic heterocycles. The molecule has 1 fully saturated rings. The third-order valence-corrected chi connectivity index (χ3v) is 4.52. The van der Waals surface area contributed by atoms with E-state index in [0.717, 1.165) is 19.0 Å². The number of rotatable bonds is 4. The van der Waals surface area contributed by atoms with Gasteiger partial charge in [-0.25, -0.2) is 0 Å². The van der Waals surface area contributed by atoms with Gasteiger partial charge >= 0.3 is 0 Å². The number of nitrogens with zero attached hydrogens (tertiary/aromatic N) is 1. The van der Waals surface area contributed by atoms with E-state index < -0.39 is 0 Å². The van der Waals surface area contributed by atoms with Gasteiger partial charge in [-0.3, -0.25) is 0 Å². The fourth-order valence-electron chi connectivity index (χ4n) is 3.19. The van der Waals surface area contributed by atoms with Crippen molar-refractivity contribution in [1.82, 2.24) is 0 Å². The second-order valence-corrected chi connectivity index (χ2v) is 5.91. The molecule has 0 bridgehead atoms. The molecule has 106 valence electrons. The van der Waals surface area contributed by atoms with Crippen molar-refractivity contribution >= 4 is 5.69 Å². The summed E-state index contributed by atoms with van der Waals surface area (Å²) in [5, 5.41) is 0. The molecule has 0 amide bonds. The minimum absolute atomic E-state index is 0.724. The zero-order valence-electron chi connectivity index (χ0n) is 12.5. The molecule has 0 spiro atoms. The predicted octanol–water partition coefficient (Wildman–Crippen LogP) is 3.66. The summed E-state index contributed by atoms with van der Waals surface area (Å²) >= 11 is 0. The van der Waals surface area contributed by atoms with Crippen LogP contribution in [0.25, 0.3) is 0 Å². The third-order valence-electron chi connectivity index (χ3n) is 4.52. The SMILES string of the molecule is Cc1cc(N(C)C2CCCCCC2)ccc1CCN. The molecule has 0 unspecified atom stereocenters. The van der Waals surface area contributed by atoms with Crippen LogP contribution in [0.4, 0.5) is 5.69 Å². The summed E-state index contributed by atoms with van der Waals surface area (Å²) in [6.07, 6.45) is 9.29. The van der Waals surface area contributed by atoms with Crippen LogP contribution < -0.4 is 10.6 Å². The van der Waals surface area contributed by atoms with E-state index in [0.29, 0.717) is 0 Å². The van der Waals surface area contributed by atoms with E-state index in [2.05, 4.69) is 37.1 Å². The molecular weight excluding hydrogens is 232 g/mol. The average molecular weight is 260 g/mol. The Balaban J connectivity index is 2.09. The van der Waals surface area contributed by atoms with Gasteiger partial charge in [-0.2, -0.15) is 0 Å². The molecule has 0 aliphatic heterocycles. The van der Waals surface area contributed by atoms with Crippen molar-refractivity contribution < 1.29 is 0 Å². The lowest BCUT2D eigenvalue weighted by Gasteiger charge is -2.30. The van der Waals surface area contributed by atoms with Crippen molar-refractivity contribution in [2.45, 2.75) is 57.9 Å². The summed E-state index contributed by atoms with van der Waals surface area (Å²) in [6, 6.07) is 7.58. The Bertz CT molecular complexity index is 392. The fraction of sp³-hybridized carbons (Fsp3) is 0.647. The van der Waals surface area contributed by atoms with Gasteiger partial charge in [-0.15, -0.1) is 0 Å². The van der Waals surface area contributed by atoms with Gasteiger partial charge in [0, 0.05) is 18.8 Å². The summed E-state index contributed by atoms with van der Waals surface area (Å²) in [6.45, 7) is 2.94. The largest absolute Gasteiger partial charge is 0.372 e. The fourth-order valence-corrected chi connectivity index (χ4v) is 3.19. The highest BCUT2D eigenvalue weighted by atomic mass is 15.1. The van der Waals surface area contributed by atoms with Crippen molar-refractivity contribution in [3.8, 4) is 0 Å². The van der Waals surface area contributed by atoms with E-state index >= 15 is 0 Å². The summed E-state index contributed by atoms with van der Waals surface area (Å²) in [4.78, 5) is 2.49. The van der Waals surface area contributed by atoms with Crippen molar-refractivity contribution in [3.63, 3.8) is 0 Å². The van der Waals surface area contributed by atoms with Crippen LogP contribution in [-0.2, 0) is 6.42 Å². The molecule has 0 saturated heterocycles. The molecular formula is C17H28N2. The third kappa shape index (κ3) is 3.73. The topological polar surface area (TPSA) is 29.3 Å². The Labute approximate surface area is 118 Å². The summed E-state index contributed by atoms with van der Waals surface area (Å²) < 4.78 is 0. The number of hydrogen-bond acceptors (Lipinski definition) is 2. The number of nitrogens with two attached hydrogens (primary N) is 1. The van der Waals surface area contributed by atoms with Crippen LogP contribution in [0.2, 0.25) is 0 Å². The van der Waals surface area contributed by atoms with E-state index in [-0.39, 0.29) is 0 Å². The molecule has 1 aliphatic carbocycles. The first-order valence-corrected chi connectivity index (χ1v) is 7.75. The van der Waals surface area contributed by atoms with Crippen molar-refractivity contribution in [2.24, 2.45) is 5.73 Å². The van der Waals surface area contributed by atoms with E-state index in [1.807, 2.05) is 0 Å². The van der Waals surface area contributed by atoms with Crippen LogP contribution in [0.3, 0.4) is 0 Å². The lowest BCUT2D eigenvalue weighted by Crippen LogP contribution is -2.31. The Kier molecular flexibility index (Phi) is 5.26. The van der Waals surface area contributed by atoms with Gasteiger partial charge in [-0.05, 0) is 56.0 Å². The monoisotopic (exact) mass is 260 g/mol. The quantitative estimate of drug-likeness (QED) is 0.837. The lowest BCUT2D eigenvalue weighted by molar-refractivity contribution is 0.553. The lowest BCUT2D eigenvalue weighted by atomic mass is 10.0. The van der Waals surface area contributed by atoms with Gasteiger partial charge in [0.15, 0.2) is 0 Å². The minimum atomic E-state index is 0.724. The highest BCUT2D eigenvalue weighted by Gasteiger charge is 2.17. The van der Waals surface area contributed by atoms with Crippen LogP contribution >= 0.6 is 0 Å². The van der Waals surface area contributed by atoms with Gasteiger partial charge in [0.05, 0.1) is 0 Å². The van der Waals surface area contributed by atoms with Crippen LogP contribution in [0.15, 0.2) is 18.2 Å². The standard InChI is InChI=1S/C17H28N2/c1-14-13-17(10-9-15(14)11-12-18)19(2)16-7-5-3-4-6-8-16/h9-10,13,16H,3-8,11-12,18H2,1-2H3. The summed E-state index contributed by atoms with van der Waals surface area (Å²) in [5.41, 5.74) is 9.78. The number of hydrogen-bond donors (Lipinski definition) is 1. The smallest absolute Gasteiger partial charge is 0.0368 e. The molecule has 2 N–H and O–H groups in total. The normalized spacial score (nSPS) is 17.2. The predicted molar refractivity (Wildman–Crippen MR) is 83.8 cm³/mol. The first-order chi connectivity index (χ1) is 9.22. The van der Waals surface area contributed by atoms with Crippen LogP contribution in [-0.4, -0.2) is 19.6 Å². The maximum absolute atomic E-state index is 5.65. The van der Waals surface area contributed by atoms with Gasteiger partial charge in [0.25, 0.3) is 0 Å². The van der Waals surface area contributed by atoms with Gasteiger partial charge in [0.2, 0.25) is 0 Å². The van der Waals surface area contributed by atoms with Crippen molar-refractivity contribution in [1.29, 1.82) is 0 Å². The van der Waals surface area contributed by atoms with Crippen LogP contribution in [0.1, 0.15) is 49.7 Å². The van der Waals surface area contributed by atoms with Crippen LogP contribution in [0.5, 0.6) is 0 Å². The van der Waals surface area contributed by atoms with Crippen molar-refractivity contribution in [3.05, 3.63) is 29.3 Å². The maximum atomic E-state index is 5.65. The number of benzene rings is 1. The Morgan fingerprint density at radius 2 is 1.84 bits per heavy atom. The van der Waals surface area contributed by atoms with Crippen LogP contribution in [0, 0.1) is 6.92 Å². The van der Waals surface area contributed by atoms with Gasteiger partial charge in [0.1, 0.15) is 0 Å². The zero-order valence-corrected chi connectivity index (χ0v) is 12.5. The van der Waals surface area contributed by atoms with E-state index in [9.17, 15) is 0 Å². The molecule has 19 heavy (non-hydrogen) atoms. The number of anilines is 1. The molecule has 0 radical (unpaired) electrons. The minimum Gasteiger partial charge on any atom is -0.372 e. The highest BCUT2D eigenvalue weighted by Crippen LogP contribution is 2.26. The summed E-state index contributed by atoms with van der Waals surface area (Å²) in [7, 11) is 2.26. The summed E-state index contributed by atoms with van der Waals surface area (Å²) in [5.74, 6) is 0. The Hall–Kier alpha value is -1.02. The average Bonchev–Trinajstić information content (AvgIpc) is 2.69. The zero-order chi connectivity index (χ0) is 13.7. The van der Waals surface area contributed by atoms with E-state index in [1.165, 1.54) is 55.3 Å². The molecule has 1 aliphatic rings. The molecule has 2 heteroatoms. The molecule has 1 aromatic carbocycles. The van der Waals surface area contributed by atoms with E-state index in [4.69, 9.17) is 5.73 Å². The van der Waals surface area contributed by atoms with E-state index in [1.54, 1.807) is 0 Å².